The van der Waals surface area contributed by atoms with Gasteiger partial charge in [-0.3, -0.25) is 9.25 Å². The molecule has 0 spiro atoms. The second-order valence-electron chi connectivity index (χ2n) is 3.77. The number of halogens is 1. The van der Waals surface area contributed by atoms with Crippen molar-refractivity contribution in [3.63, 3.8) is 0 Å². The minimum absolute atomic E-state index is 0.219. The van der Waals surface area contributed by atoms with E-state index in [9.17, 15) is 9.18 Å². The number of fused-ring (bicyclic) bond motifs is 1. The van der Waals surface area contributed by atoms with Crippen LogP contribution in [0.1, 0.15) is 0 Å². The fraction of sp³-hybridized carbons (Fsp3) is 0.0909. The first-order chi connectivity index (χ1) is 8.16. The number of aromatic nitrogens is 4. The normalized spacial score (nSPS) is 11.2. The molecular formula is C11H9FN4O. The lowest BCUT2D eigenvalue weighted by Crippen LogP contribution is -2.15. The first-order valence-electron chi connectivity index (χ1n) is 5.04. The molecule has 0 aliphatic carbocycles. The van der Waals surface area contributed by atoms with Gasteiger partial charge in [-0.2, -0.15) is 5.10 Å². The van der Waals surface area contributed by atoms with Crippen molar-refractivity contribution in [2.45, 2.75) is 0 Å². The van der Waals surface area contributed by atoms with Gasteiger partial charge in [0.15, 0.2) is 0 Å². The Hall–Kier alpha value is -2.37. The Morgan fingerprint density at radius 3 is 2.94 bits per heavy atom. The van der Waals surface area contributed by atoms with E-state index >= 15 is 0 Å². The van der Waals surface area contributed by atoms with E-state index in [4.69, 9.17) is 0 Å². The highest BCUT2D eigenvalue weighted by Crippen LogP contribution is 2.20. The number of nitrogens with one attached hydrogen (secondary N) is 1. The van der Waals surface area contributed by atoms with E-state index in [0.717, 1.165) is 5.39 Å². The number of aromatic amines is 1. The number of aryl methyl sites for hydroxylation is 1. The molecule has 1 N–H and O–H groups in total. The number of hydrogen-bond donors (Lipinski definition) is 1. The van der Waals surface area contributed by atoms with Crippen molar-refractivity contribution in [1.82, 2.24) is 19.3 Å². The number of rotatable bonds is 1. The SMILES string of the molecule is Cn1ncc2cc(-n3cc[nH]c3=O)c(F)cc21. The zero-order valence-electron chi connectivity index (χ0n) is 9.01. The Kier molecular flexibility index (Phi) is 1.91. The second-order valence-corrected chi connectivity index (χ2v) is 3.77. The van der Waals surface area contributed by atoms with Crippen LogP contribution in [0.15, 0.2) is 35.5 Å². The third-order valence-electron chi connectivity index (χ3n) is 2.72. The summed E-state index contributed by atoms with van der Waals surface area (Å²) < 4.78 is 16.7. The molecule has 0 bridgehead atoms. The lowest BCUT2D eigenvalue weighted by molar-refractivity contribution is 0.617. The quantitative estimate of drug-likeness (QED) is 0.685. The Labute approximate surface area is 95.1 Å². The number of H-pyrrole nitrogens is 1. The summed E-state index contributed by atoms with van der Waals surface area (Å²) in [4.78, 5) is 13.9. The van der Waals surface area contributed by atoms with E-state index in [0.29, 0.717) is 5.52 Å². The molecule has 0 radical (unpaired) electrons. The average molecular weight is 232 g/mol. The molecule has 5 nitrogen and oxygen atoms in total. The van der Waals surface area contributed by atoms with Crippen molar-refractivity contribution in [1.29, 1.82) is 0 Å². The molecule has 2 aromatic heterocycles. The summed E-state index contributed by atoms with van der Waals surface area (Å²) >= 11 is 0. The van der Waals surface area contributed by atoms with Crippen LogP contribution in [0, 0.1) is 5.82 Å². The number of hydrogen-bond acceptors (Lipinski definition) is 2. The van der Waals surface area contributed by atoms with Crippen molar-refractivity contribution < 1.29 is 4.39 Å². The van der Waals surface area contributed by atoms with E-state index in [1.807, 2.05) is 0 Å². The highest BCUT2D eigenvalue weighted by molar-refractivity contribution is 5.81. The first-order valence-corrected chi connectivity index (χ1v) is 5.04. The zero-order valence-corrected chi connectivity index (χ0v) is 9.01. The Balaban J connectivity index is 2.34. The summed E-state index contributed by atoms with van der Waals surface area (Å²) in [7, 11) is 1.74. The van der Waals surface area contributed by atoms with E-state index in [-0.39, 0.29) is 11.4 Å². The van der Waals surface area contributed by atoms with Gasteiger partial charge in [-0.1, -0.05) is 0 Å². The molecule has 0 amide bonds. The summed E-state index contributed by atoms with van der Waals surface area (Å²) in [6, 6.07) is 2.98. The summed E-state index contributed by atoms with van der Waals surface area (Å²) in [5, 5.41) is 4.83. The average Bonchev–Trinajstić information content (AvgIpc) is 2.86. The summed E-state index contributed by atoms with van der Waals surface area (Å²) in [6.45, 7) is 0. The predicted molar refractivity (Wildman–Crippen MR) is 60.6 cm³/mol. The minimum atomic E-state index is -0.456. The maximum Gasteiger partial charge on any atom is 0.330 e. The van der Waals surface area contributed by atoms with Gasteiger partial charge in [0, 0.05) is 30.9 Å². The smallest absolute Gasteiger partial charge is 0.312 e. The number of imidazole rings is 1. The highest BCUT2D eigenvalue weighted by Gasteiger charge is 2.10. The largest absolute Gasteiger partial charge is 0.330 e. The molecule has 0 saturated heterocycles. The third-order valence-corrected chi connectivity index (χ3v) is 2.72. The van der Waals surface area contributed by atoms with Crippen LogP contribution in [0.2, 0.25) is 0 Å². The van der Waals surface area contributed by atoms with Gasteiger partial charge in [0.1, 0.15) is 5.82 Å². The highest BCUT2D eigenvalue weighted by atomic mass is 19.1. The first kappa shape index (κ1) is 9.83. The Morgan fingerprint density at radius 2 is 2.24 bits per heavy atom. The standard InChI is InChI=1S/C11H9FN4O/c1-15-9-5-8(12)10(4-7(9)6-14-15)16-3-2-13-11(16)17/h2-6H,1H3,(H,13,17). The fourth-order valence-corrected chi connectivity index (χ4v) is 1.86. The lowest BCUT2D eigenvalue weighted by Gasteiger charge is -2.03. The topological polar surface area (TPSA) is 55.6 Å². The van der Waals surface area contributed by atoms with Gasteiger partial charge in [0.25, 0.3) is 0 Å². The molecule has 0 aliphatic rings. The molecule has 0 aliphatic heterocycles. The Morgan fingerprint density at radius 1 is 1.41 bits per heavy atom. The molecule has 1 aromatic carbocycles. The molecule has 6 heteroatoms. The summed E-state index contributed by atoms with van der Waals surface area (Å²) in [5.74, 6) is -0.456. The number of nitrogens with zero attached hydrogens (tertiary/aromatic N) is 3. The minimum Gasteiger partial charge on any atom is -0.312 e. The van der Waals surface area contributed by atoms with Gasteiger partial charge in [-0.15, -0.1) is 0 Å². The van der Waals surface area contributed by atoms with Crippen LogP contribution in [0.4, 0.5) is 4.39 Å². The summed E-state index contributed by atoms with van der Waals surface area (Å²) in [5.41, 5.74) is 0.540. The van der Waals surface area contributed by atoms with Gasteiger partial charge in [-0.05, 0) is 6.07 Å². The van der Waals surface area contributed by atoms with Gasteiger partial charge in [0.2, 0.25) is 0 Å². The van der Waals surface area contributed by atoms with Gasteiger partial charge in [0.05, 0.1) is 17.4 Å². The van der Waals surface area contributed by atoms with Crippen molar-refractivity contribution in [3.05, 3.63) is 47.0 Å². The maximum atomic E-state index is 13.9. The molecule has 0 saturated carbocycles. The van der Waals surface area contributed by atoms with Crippen LogP contribution in [0.3, 0.4) is 0 Å². The van der Waals surface area contributed by atoms with E-state index < -0.39 is 5.82 Å². The van der Waals surface area contributed by atoms with Gasteiger partial charge in [-0.25, -0.2) is 9.18 Å². The van der Waals surface area contributed by atoms with Crippen molar-refractivity contribution in [3.8, 4) is 5.69 Å². The summed E-state index contributed by atoms with van der Waals surface area (Å²) in [6.07, 6.45) is 4.59. The maximum absolute atomic E-state index is 13.9. The molecule has 3 aromatic rings. The molecular weight excluding hydrogens is 223 g/mol. The van der Waals surface area contributed by atoms with Crippen LogP contribution >= 0.6 is 0 Å². The molecule has 0 atom stereocenters. The molecule has 0 fully saturated rings. The predicted octanol–water partition coefficient (Wildman–Crippen LogP) is 1.19. The molecule has 3 rings (SSSR count). The van der Waals surface area contributed by atoms with Crippen LogP contribution in [0.5, 0.6) is 0 Å². The number of benzene rings is 1. The Bertz CT molecular complexity index is 752. The molecule has 2 heterocycles. The van der Waals surface area contributed by atoms with Gasteiger partial charge >= 0.3 is 5.69 Å². The van der Waals surface area contributed by atoms with Crippen LogP contribution < -0.4 is 5.69 Å². The monoisotopic (exact) mass is 232 g/mol. The van der Waals surface area contributed by atoms with Gasteiger partial charge < -0.3 is 4.98 Å². The molecule has 17 heavy (non-hydrogen) atoms. The van der Waals surface area contributed by atoms with E-state index in [1.54, 1.807) is 24.0 Å². The fourth-order valence-electron chi connectivity index (χ4n) is 1.86. The zero-order chi connectivity index (χ0) is 12.0. The second kappa shape index (κ2) is 3.31. The van der Waals surface area contributed by atoms with Crippen LogP contribution in [-0.2, 0) is 7.05 Å². The lowest BCUT2D eigenvalue weighted by atomic mass is 10.2. The van der Waals surface area contributed by atoms with Crippen LogP contribution in [-0.4, -0.2) is 19.3 Å². The molecule has 0 unspecified atom stereocenters. The van der Waals surface area contributed by atoms with E-state index in [1.165, 1.54) is 23.0 Å². The van der Waals surface area contributed by atoms with Crippen molar-refractivity contribution in [2.24, 2.45) is 7.05 Å². The van der Waals surface area contributed by atoms with Crippen molar-refractivity contribution >= 4 is 10.9 Å². The molecule has 86 valence electrons. The van der Waals surface area contributed by atoms with Crippen LogP contribution in [0.25, 0.3) is 16.6 Å². The third kappa shape index (κ3) is 1.37. The van der Waals surface area contributed by atoms with E-state index in [2.05, 4.69) is 10.1 Å². The van der Waals surface area contributed by atoms with Crippen molar-refractivity contribution in [2.75, 3.05) is 0 Å².